The molecule has 2 rings (SSSR count). The first-order chi connectivity index (χ1) is 8.70. The van der Waals surface area contributed by atoms with Crippen molar-refractivity contribution in [2.75, 3.05) is 13.1 Å². The van der Waals surface area contributed by atoms with Gasteiger partial charge < -0.3 is 4.90 Å². The maximum Gasteiger partial charge on any atom is 0.244 e. The Balaban J connectivity index is 1.82. The number of piperidine rings is 1. The van der Waals surface area contributed by atoms with Gasteiger partial charge in [-0.2, -0.15) is 5.10 Å². The number of carbonyl (C=O) groups excluding carboxylic acids is 2. The van der Waals surface area contributed by atoms with Crippen LogP contribution in [0.4, 0.5) is 0 Å². The second kappa shape index (κ2) is 5.63. The summed E-state index contributed by atoms with van der Waals surface area (Å²) in [6.07, 6.45) is 4.72. The molecule has 7 heteroatoms. The molecule has 1 aromatic rings. The van der Waals surface area contributed by atoms with Crippen molar-refractivity contribution in [1.29, 1.82) is 0 Å². The van der Waals surface area contributed by atoms with E-state index in [-0.39, 0.29) is 24.3 Å². The van der Waals surface area contributed by atoms with Crippen LogP contribution in [0.2, 0.25) is 0 Å². The first-order valence-electron chi connectivity index (χ1n) is 5.96. The van der Waals surface area contributed by atoms with Crippen LogP contribution in [0.1, 0.15) is 12.8 Å². The number of hydrogen-bond donors (Lipinski definition) is 2. The number of aromatic nitrogens is 2. The number of carbonyl (C=O) groups is 2. The molecule has 1 aliphatic rings. The Morgan fingerprint density at radius 2 is 2.11 bits per heavy atom. The van der Waals surface area contributed by atoms with E-state index in [9.17, 15) is 9.59 Å². The molecule has 1 saturated heterocycles. The molecule has 1 fully saturated rings. The van der Waals surface area contributed by atoms with Crippen molar-refractivity contribution in [3.63, 3.8) is 0 Å². The van der Waals surface area contributed by atoms with Crippen LogP contribution in [0.5, 0.6) is 0 Å². The fourth-order valence-electron chi connectivity index (χ4n) is 2.14. The van der Waals surface area contributed by atoms with Crippen molar-refractivity contribution in [2.24, 2.45) is 11.8 Å². The minimum atomic E-state index is -0.144. The molecule has 2 amide bonds. The molecule has 98 valence electrons. The van der Waals surface area contributed by atoms with E-state index >= 15 is 0 Å². The Morgan fingerprint density at radius 3 is 2.67 bits per heavy atom. The predicted molar refractivity (Wildman–Crippen MR) is 63.9 cm³/mol. The number of hydrogen-bond acceptors (Lipinski definition) is 4. The second-order valence-corrected chi connectivity index (χ2v) is 4.37. The first-order valence-corrected chi connectivity index (χ1v) is 5.96. The number of nitrogens with one attached hydrogen (secondary N) is 1. The smallest absolute Gasteiger partial charge is 0.244 e. The molecule has 0 spiro atoms. The molecule has 0 aliphatic carbocycles. The molecule has 1 aromatic heterocycles. The summed E-state index contributed by atoms with van der Waals surface area (Å²) in [7, 11) is 0. The second-order valence-electron chi connectivity index (χ2n) is 4.37. The molecule has 0 aromatic carbocycles. The summed E-state index contributed by atoms with van der Waals surface area (Å²) in [5.74, 6) is 4.90. The number of hydrazine groups is 1. The predicted octanol–water partition coefficient (Wildman–Crippen LogP) is -0.888. The molecule has 3 N–H and O–H groups in total. The standard InChI is InChI=1S/C11H17N5O2/c12-14-11(18)9-2-6-15(7-3-9)10(17)8-16-5-1-4-13-16/h1,4-5,9H,2-3,6-8,12H2,(H,14,18). The lowest BCUT2D eigenvalue weighted by Gasteiger charge is -2.31. The lowest BCUT2D eigenvalue weighted by molar-refractivity contribution is -0.136. The van der Waals surface area contributed by atoms with Crippen molar-refractivity contribution in [2.45, 2.75) is 19.4 Å². The molecule has 2 heterocycles. The minimum Gasteiger partial charge on any atom is -0.341 e. The van der Waals surface area contributed by atoms with Gasteiger partial charge in [0.25, 0.3) is 0 Å². The number of nitrogens with zero attached hydrogens (tertiary/aromatic N) is 3. The molecule has 18 heavy (non-hydrogen) atoms. The van der Waals surface area contributed by atoms with Gasteiger partial charge in [-0.3, -0.25) is 19.7 Å². The maximum atomic E-state index is 12.0. The maximum absolute atomic E-state index is 12.0. The van der Waals surface area contributed by atoms with Gasteiger partial charge >= 0.3 is 0 Å². The number of rotatable bonds is 3. The number of amides is 2. The summed E-state index contributed by atoms with van der Waals surface area (Å²) in [4.78, 5) is 25.1. The van der Waals surface area contributed by atoms with Crippen LogP contribution in [0.15, 0.2) is 18.5 Å². The lowest BCUT2D eigenvalue weighted by atomic mass is 9.96. The zero-order valence-electron chi connectivity index (χ0n) is 10.1. The molecule has 7 nitrogen and oxygen atoms in total. The summed E-state index contributed by atoms with van der Waals surface area (Å²) < 4.78 is 1.60. The van der Waals surface area contributed by atoms with Gasteiger partial charge in [-0.25, -0.2) is 5.84 Å². The summed E-state index contributed by atoms with van der Waals surface area (Å²) in [6, 6.07) is 1.78. The Labute approximate surface area is 105 Å². The van der Waals surface area contributed by atoms with Crippen molar-refractivity contribution in [3.05, 3.63) is 18.5 Å². The third-order valence-corrected chi connectivity index (χ3v) is 3.22. The number of nitrogens with two attached hydrogens (primary N) is 1. The molecular formula is C11H17N5O2. The van der Waals surface area contributed by atoms with Crippen molar-refractivity contribution in [1.82, 2.24) is 20.1 Å². The highest BCUT2D eigenvalue weighted by Crippen LogP contribution is 2.17. The lowest BCUT2D eigenvalue weighted by Crippen LogP contribution is -2.45. The SMILES string of the molecule is NNC(=O)C1CCN(C(=O)Cn2cccn2)CC1. The van der Waals surface area contributed by atoms with Crippen LogP contribution < -0.4 is 11.3 Å². The van der Waals surface area contributed by atoms with Gasteiger partial charge in [0.2, 0.25) is 11.8 Å². The first kappa shape index (κ1) is 12.6. The highest BCUT2D eigenvalue weighted by Gasteiger charge is 2.26. The highest BCUT2D eigenvalue weighted by molar-refractivity contribution is 5.79. The summed E-state index contributed by atoms with van der Waals surface area (Å²) >= 11 is 0. The van der Waals surface area contributed by atoms with Gasteiger partial charge in [-0.05, 0) is 18.9 Å². The van der Waals surface area contributed by atoms with Gasteiger partial charge in [0, 0.05) is 31.4 Å². The van der Waals surface area contributed by atoms with E-state index in [1.54, 1.807) is 28.0 Å². The van der Waals surface area contributed by atoms with Crippen molar-refractivity contribution in [3.8, 4) is 0 Å². The Morgan fingerprint density at radius 1 is 1.39 bits per heavy atom. The monoisotopic (exact) mass is 251 g/mol. The third-order valence-electron chi connectivity index (χ3n) is 3.22. The topological polar surface area (TPSA) is 93.3 Å². The minimum absolute atomic E-state index is 0.0327. The van der Waals surface area contributed by atoms with Crippen LogP contribution in [0.3, 0.4) is 0 Å². The van der Waals surface area contributed by atoms with Crippen LogP contribution in [0.25, 0.3) is 0 Å². The third kappa shape index (κ3) is 2.86. The highest BCUT2D eigenvalue weighted by atomic mass is 16.2. The van der Waals surface area contributed by atoms with Crippen LogP contribution in [-0.4, -0.2) is 39.6 Å². The summed E-state index contributed by atoms with van der Waals surface area (Å²) in [5.41, 5.74) is 2.16. The number of likely N-dealkylation sites (tertiary alicyclic amines) is 1. The zero-order chi connectivity index (χ0) is 13.0. The molecular weight excluding hydrogens is 234 g/mol. The average molecular weight is 251 g/mol. The molecule has 1 aliphatic heterocycles. The van der Waals surface area contributed by atoms with E-state index < -0.39 is 0 Å². The molecule has 0 atom stereocenters. The van der Waals surface area contributed by atoms with Crippen LogP contribution in [-0.2, 0) is 16.1 Å². The fraction of sp³-hybridized carbons (Fsp3) is 0.545. The van der Waals surface area contributed by atoms with E-state index in [4.69, 9.17) is 5.84 Å². The van der Waals surface area contributed by atoms with E-state index in [2.05, 4.69) is 10.5 Å². The van der Waals surface area contributed by atoms with E-state index in [0.717, 1.165) is 0 Å². The summed E-state index contributed by atoms with van der Waals surface area (Å²) in [5, 5.41) is 4.00. The van der Waals surface area contributed by atoms with E-state index in [1.807, 2.05) is 0 Å². The van der Waals surface area contributed by atoms with Gasteiger partial charge in [0.15, 0.2) is 0 Å². The van der Waals surface area contributed by atoms with Crippen molar-refractivity contribution >= 4 is 11.8 Å². The fourth-order valence-corrected chi connectivity index (χ4v) is 2.14. The van der Waals surface area contributed by atoms with Crippen LogP contribution in [0, 0.1) is 5.92 Å². The summed E-state index contributed by atoms with van der Waals surface area (Å²) in [6.45, 7) is 1.44. The molecule has 0 bridgehead atoms. The average Bonchev–Trinajstić information content (AvgIpc) is 2.91. The van der Waals surface area contributed by atoms with E-state index in [0.29, 0.717) is 25.9 Å². The normalized spacial score (nSPS) is 16.6. The molecule has 0 saturated carbocycles. The molecule has 0 radical (unpaired) electrons. The Kier molecular flexibility index (Phi) is 3.93. The quantitative estimate of drug-likeness (QED) is 0.414. The van der Waals surface area contributed by atoms with E-state index in [1.165, 1.54) is 0 Å². The zero-order valence-corrected chi connectivity index (χ0v) is 10.1. The van der Waals surface area contributed by atoms with Crippen molar-refractivity contribution < 1.29 is 9.59 Å². The molecule has 0 unspecified atom stereocenters. The Bertz CT molecular complexity index is 409. The Hall–Kier alpha value is -1.89. The van der Waals surface area contributed by atoms with Gasteiger partial charge in [-0.1, -0.05) is 0 Å². The van der Waals surface area contributed by atoms with Gasteiger partial charge in [-0.15, -0.1) is 0 Å². The van der Waals surface area contributed by atoms with Gasteiger partial charge in [0.1, 0.15) is 6.54 Å². The van der Waals surface area contributed by atoms with Crippen LogP contribution >= 0.6 is 0 Å². The largest absolute Gasteiger partial charge is 0.341 e. The van der Waals surface area contributed by atoms with Gasteiger partial charge in [0.05, 0.1) is 0 Å².